The average molecular weight is 261 g/mol. The van der Waals surface area contributed by atoms with Crippen LogP contribution in [-0.4, -0.2) is 32.6 Å². The van der Waals surface area contributed by atoms with Crippen LogP contribution in [0.3, 0.4) is 0 Å². The Hall–Kier alpha value is -1.88. The van der Waals surface area contributed by atoms with E-state index in [0.29, 0.717) is 12.8 Å². The summed E-state index contributed by atoms with van der Waals surface area (Å²) in [6.07, 6.45) is 2.53. The Labute approximate surface area is 112 Å². The number of hydrogen-bond acceptors (Lipinski definition) is 4. The molecule has 0 aliphatic carbocycles. The van der Waals surface area contributed by atoms with Gasteiger partial charge in [0.15, 0.2) is 0 Å². The third-order valence-corrected chi connectivity index (χ3v) is 3.09. The van der Waals surface area contributed by atoms with E-state index in [9.17, 15) is 5.11 Å². The molecule has 0 amide bonds. The molecule has 1 aromatic carbocycles. The van der Waals surface area contributed by atoms with Crippen molar-refractivity contribution >= 4 is 0 Å². The molecule has 19 heavy (non-hydrogen) atoms. The molecule has 2 aromatic rings. The highest BCUT2D eigenvalue weighted by atomic mass is 16.5. The van der Waals surface area contributed by atoms with Gasteiger partial charge in [0.2, 0.25) is 0 Å². The normalized spacial score (nSPS) is 14.1. The third-order valence-electron chi connectivity index (χ3n) is 3.09. The molecule has 0 saturated carbocycles. The molecule has 0 saturated heterocycles. The van der Waals surface area contributed by atoms with E-state index in [1.807, 2.05) is 38.2 Å². The Morgan fingerprint density at radius 3 is 2.47 bits per heavy atom. The molecular formula is C14H19N3O2. The van der Waals surface area contributed by atoms with Crippen molar-refractivity contribution in [3.63, 3.8) is 0 Å². The summed E-state index contributed by atoms with van der Waals surface area (Å²) in [5.74, 6) is 1.59. The molecule has 1 heterocycles. The van der Waals surface area contributed by atoms with Crippen molar-refractivity contribution in [1.82, 2.24) is 14.8 Å². The minimum atomic E-state index is -0.852. The quantitative estimate of drug-likeness (QED) is 0.883. The summed E-state index contributed by atoms with van der Waals surface area (Å²) >= 11 is 0. The Morgan fingerprint density at radius 1 is 1.26 bits per heavy atom. The lowest BCUT2D eigenvalue weighted by atomic mass is 9.93. The summed E-state index contributed by atoms with van der Waals surface area (Å²) in [6, 6.07) is 7.72. The maximum atomic E-state index is 10.5. The second kappa shape index (κ2) is 5.40. The number of hydrogen-bond donors (Lipinski definition) is 1. The van der Waals surface area contributed by atoms with Crippen molar-refractivity contribution in [2.45, 2.75) is 25.4 Å². The number of benzene rings is 1. The molecule has 102 valence electrons. The predicted octanol–water partition coefficient (Wildman–Crippen LogP) is 1.36. The van der Waals surface area contributed by atoms with E-state index in [1.54, 1.807) is 11.8 Å². The van der Waals surface area contributed by atoms with Crippen LogP contribution in [0.15, 0.2) is 30.6 Å². The summed E-state index contributed by atoms with van der Waals surface area (Å²) in [4.78, 5) is 4.14. The Bertz CT molecular complexity index is 532. The summed E-state index contributed by atoms with van der Waals surface area (Å²) in [6.45, 7) is 1.81. The van der Waals surface area contributed by atoms with Gasteiger partial charge in [0.05, 0.1) is 12.7 Å². The fourth-order valence-electron chi connectivity index (χ4n) is 2.07. The summed E-state index contributed by atoms with van der Waals surface area (Å²) in [5, 5.41) is 14.5. The van der Waals surface area contributed by atoms with Gasteiger partial charge in [-0.25, -0.2) is 4.98 Å². The molecule has 1 aromatic heterocycles. The van der Waals surface area contributed by atoms with E-state index in [-0.39, 0.29) is 0 Å². The fourth-order valence-corrected chi connectivity index (χ4v) is 2.07. The van der Waals surface area contributed by atoms with Crippen molar-refractivity contribution in [2.75, 3.05) is 7.11 Å². The second-order valence-corrected chi connectivity index (χ2v) is 5.00. The summed E-state index contributed by atoms with van der Waals surface area (Å²) in [5.41, 5.74) is 0.211. The van der Waals surface area contributed by atoms with Gasteiger partial charge in [0.25, 0.3) is 0 Å². The molecule has 0 aliphatic heterocycles. The van der Waals surface area contributed by atoms with Gasteiger partial charge in [0, 0.05) is 19.9 Å². The fraction of sp³-hybridized carbons (Fsp3) is 0.429. The van der Waals surface area contributed by atoms with Crippen molar-refractivity contribution in [3.05, 3.63) is 42.0 Å². The van der Waals surface area contributed by atoms with Gasteiger partial charge in [-0.05, 0) is 24.6 Å². The standard InChI is InChI=1S/C14H19N3O2/c1-14(18,9-13-15-10-16-17(13)2)8-11-4-6-12(19-3)7-5-11/h4-7,10,18H,8-9H2,1-3H3. The number of aliphatic hydroxyl groups is 1. The largest absolute Gasteiger partial charge is 0.497 e. The van der Waals surface area contributed by atoms with E-state index in [2.05, 4.69) is 10.1 Å². The average Bonchev–Trinajstić information content (AvgIpc) is 2.75. The van der Waals surface area contributed by atoms with Crippen LogP contribution >= 0.6 is 0 Å². The van der Waals surface area contributed by atoms with Gasteiger partial charge in [-0.3, -0.25) is 4.68 Å². The SMILES string of the molecule is COc1ccc(CC(C)(O)Cc2ncnn2C)cc1. The van der Waals surface area contributed by atoms with Crippen LogP contribution in [0.5, 0.6) is 5.75 Å². The van der Waals surface area contributed by atoms with Crippen molar-refractivity contribution in [3.8, 4) is 5.75 Å². The predicted molar refractivity (Wildman–Crippen MR) is 72.0 cm³/mol. The van der Waals surface area contributed by atoms with Crippen LogP contribution in [0.2, 0.25) is 0 Å². The molecule has 0 radical (unpaired) electrons. The molecule has 1 atom stereocenters. The number of nitrogens with zero attached hydrogens (tertiary/aromatic N) is 3. The first-order valence-electron chi connectivity index (χ1n) is 6.18. The second-order valence-electron chi connectivity index (χ2n) is 5.00. The molecular weight excluding hydrogens is 242 g/mol. The lowest BCUT2D eigenvalue weighted by Crippen LogP contribution is -2.31. The molecule has 0 fully saturated rings. The van der Waals surface area contributed by atoms with Crippen LogP contribution < -0.4 is 4.74 Å². The molecule has 1 N–H and O–H groups in total. The summed E-state index contributed by atoms with van der Waals surface area (Å²) < 4.78 is 6.80. The van der Waals surface area contributed by atoms with E-state index in [1.165, 1.54) is 6.33 Å². The Balaban J connectivity index is 2.05. The highest BCUT2D eigenvalue weighted by molar-refractivity contribution is 5.28. The monoisotopic (exact) mass is 261 g/mol. The first-order chi connectivity index (χ1) is 9.00. The van der Waals surface area contributed by atoms with Crippen LogP contribution in [0.25, 0.3) is 0 Å². The highest BCUT2D eigenvalue weighted by Gasteiger charge is 2.23. The minimum Gasteiger partial charge on any atom is -0.497 e. The smallest absolute Gasteiger partial charge is 0.138 e. The highest BCUT2D eigenvalue weighted by Crippen LogP contribution is 2.19. The molecule has 0 bridgehead atoms. The zero-order chi connectivity index (χ0) is 13.9. The van der Waals surface area contributed by atoms with Gasteiger partial charge < -0.3 is 9.84 Å². The number of aromatic nitrogens is 3. The molecule has 2 rings (SSSR count). The maximum absolute atomic E-state index is 10.5. The van der Waals surface area contributed by atoms with Crippen molar-refractivity contribution in [2.24, 2.45) is 7.05 Å². The van der Waals surface area contributed by atoms with Crippen LogP contribution in [0, 0.1) is 0 Å². The molecule has 5 nitrogen and oxygen atoms in total. The Morgan fingerprint density at radius 2 is 1.95 bits per heavy atom. The number of aryl methyl sites for hydroxylation is 1. The lowest BCUT2D eigenvalue weighted by molar-refractivity contribution is 0.0578. The maximum Gasteiger partial charge on any atom is 0.138 e. The minimum absolute atomic E-state index is 0.468. The van der Waals surface area contributed by atoms with Gasteiger partial charge in [-0.2, -0.15) is 5.10 Å². The van der Waals surface area contributed by atoms with Crippen LogP contribution in [0.4, 0.5) is 0 Å². The van der Waals surface area contributed by atoms with Gasteiger partial charge in [-0.15, -0.1) is 0 Å². The van der Waals surface area contributed by atoms with Gasteiger partial charge in [0.1, 0.15) is 17.9 Å². The Kier molecular flexibility index (Phi) is 3.85. The van der Waals surface area contributed by atoms with Crippen LogP contribution in [-0.2, 0) is 19.9 Å². The third kappa shape index (κ3) is 3.54. The van der Waals surface area contributed by atoms with E-state index >= 15 is 0 Å². The molecule has 1 unspecified atom stereocenters. The summed E-state index contributed by atoms with van der Waals surface area (Å²) in [7, 11) is 3.46. The molecule has 0 aliphatic rings. The van der Waals surface area contributed by atoms with Crippen molar-refractivity contribution in [1.29, 1.82) is 0 Å². The number of methoxy groups -OCH3 is 1. The lowest BCUT2D eigenvalue weighted by Gasteiger charge is -2.22. The first-order valence-corrected chi connectivity index (χ1v) is 6.18. The zero-order valence-corrected chi connectivity index (χ0v) is 11.5. The first kappa shape index (κ1) is 13.5. The molecule has 5 heteroatoms. The van der Waals surface area contributed by atoms with Crippen LogP contribution in [0.1, 0.15) is 18.3 Å². The number of ether oxygens (including phenoxy) is 1. The van der Waals surface area contributed by atoms with Gasteiger partial charge in [-0.1, -0.05) is 12.1 Å². The van der Waals surface area contributed by atoms with Gasteiger partial charge >= 0.3 is 0 Å². The topological polar surface area (TPSA) is 60.2 Å². The van der Waals surface area contributed by atoms with Crippen molar-refractivity contribution < 1.29 is 9.84 Å². The van der Waals surface area contributed by atoms with E-state index < -0.39 is 5.60 Å². The van der Waals surface area contributed by atoms with E-state index in [4.69, 9.17) is 4.74 Å². The molecule has 0 spiro atoms. The van der Waals surface area contributed by atoms with E-state index in [0.717, 1.165) is 17.1 Å². The zero-order valence-electron chi connectivity index (χ0n) is 11.5. The number of rotatable bonds is 5.